The molecule has 0 heterocycles. The molecule has 1 aromatic carbocycles. The van der Waals surface area contributed by atoms with Crippen molar-refractivity contribution in [2.45, 2.75) is 50.7 Å². The normalized spacial score (nSPS) is 20.2. The van der Waals surface area contributed by atoms with Gasteiger partial charge in [-0.3, -0.25) is 0 Å². The molecule has 0 spiro atoms. The van der Waals surface area contributed by atoms with Gasteiger partial charge in [0, 0.05) is 6.42 Å². The largest absolute Gasteiger partial charge is 0.390 e. The molecule has 2 N–H and O–H groups in total. The van der Waals surface area contributed by atoms with Crippen LogP contribution >= 0.6 is 0 Å². The zero-order valence-electron chi connectivity index (χ0n) is 10.9. The topological polar surface area (TPSA) is 40.5 Å². The van der Waals surface area contributed by atoms with Gasteiger partial charge in [0.1, 0.15) is 11.6 Å². The van der Waals surface area contributed by atoms with Crippen LogP contribution in [0.2, 0.25) is 0 Å². The van der Waals surface area contributed by atoms with Crippen molar-refractivity contribution in [1.82, 2.24) is 0 Å². The van der Waals surface area contributed by atoms with E-state index in [-0.39, 0.29) is 17.9 Å². The molecule has 0 aromatic heterocycles. The molecule has 0 radical (unpaired) electrons. The maximum absolute atomic E-state index is 13.5. The molecule has 2 nitrogen and oxygen atoms in total. The van der Waals surface area contributed by atoms with Gasteiger partial charge in [0.2, 0.25) is 0 Å². The molecule has 0 aliphatic heterocycles. The molecule has 1 aromatic rings. The highest BCUT2D eigenvalue weighted by molar-refractivity contribution is 5.19. The molecular weight excluding hydrogens is 250 g/mol. The van der Waals surface area contributed by atoms with Gasteiger partial charge in [-0.1, -0.05) is 19.3 Å². The quantitative estimate of drug-likeness (QED) is 0.883. The first-order valence-electron chi connectivity index (χ1n) is 6.88. The fraction of sp³-hybridized carbons (Fsp3) is 0.600. The molecule has 1 aliphatic rings. The summed E-state index contributed by atoms with van der Waals surface area (Å²) in [6.45, 7) is 0. The van der Waals surface area contributed by atoms with Crippen molar-refractivity contribution >= 4 is 0 Å². The minimum Gasteiger partial charge on any atom is -0.390 e. The van der Waals surface area contributed by atoms with Crippen LogP contribution in [0.4, 0.5) is 8.78 Å². The summed E-state index contributed by atoms with van der Waals surface area (Å²) in [7, 11) is 0. The second-order valence-electron chi connectivity index (χ2n) is 5.40. The van der Waals surface area contributed by atoms with E-state index in [0.29, 0.717) is 0 Å². The van der Waals surface area contributed by atoms with E-state index in [1.54, 1.807) is 0 Å². The minimum atomic E-state index is -1.04. The van der Waals surface area contributed by atoms with Crippen LogP contribution in [-0.4, -0.2) is 22.4 Å². The van der Waals surface area contributed by atoms with Gasteiger partial charge in [-0.15, -0.1) is 0 Å². The lowest BCUT2D eigenvalue weighted by Crippen LogP contribution is -2.36. The third kappa shape index (κ3) is 3.74. The smallest absolute Gasteiger partial charge is 0.126 e. The number of aliphatic hydroxyl groups is 2. The first-order chi connectivity index (χ1) is 9.08. The van der Waals surface area contributed by atoms with E-state index in [0.717, 1.165) is 50.3 Å². The first-order valence-corrected chi connectivity index (χ1v) is 6.88. The van der Waals surface area contributed by atoms with Crippen molar-refractivity contribution in [1.29, 1.82) is 0 Å². The fourth-order valence-corrected chi connectivity index (χ4v) is 2.84. The molecule has 106 valence electrons. The lowest BCUT2D eigenvalue weighted by atomic mass is 9.82. The number of halogens is 2. The van der Waals surface area contributed by atoms with E-state index >= 15 is 0 Å². The molecule has 19 heavy (non-hydrogen) atoms. The number of hydrogen-bond donors (Lipinski definition) is 2. The van der Waals surface area contributed by atoms with Gasteiger partial charge in [0.05, 0.1) is 12.2 Å². The molecule has 0 saturated heterocycles. The van der Waals surface area contributed by atoms with Gasteiger partial charge in [-0.2, -0.15) is 0 Å². The third-order valence-electron chi connectivity index (χ3n) is 3.96. The van der Waals surface area contributed by atoms with Crippen molar-refractivity contribution in [2.75, 3.05) is 0 Å². The van der Waals surface area contributed by atoms with Crippen molar-refractivity contribution < 1.29 is 19.0 Å². The summed E-state index contributed by atoms with van der Waals surface area (Å²) >= 11 is 0. The average Bonchev–Trinajstić information content (AvgIpc) is 2.43. The molecule has 1 fully saturated rings. The molecule has 0 amide bonds. The molecule has 2 unspecified atom stereocenters. The van der Waals surface area contributed by atoms with Crippen LogP contribution in [0.3, 0.4) is 0 Å². The Morgan fingerprint density at radius 1 is 1.11 bits per heavy atom. The van der Waals surface area contributed by atoms with E-state index in [9.17, 15) is 19.0 Å². The summed E-state index contributed by atoms with van der Waals surface area (Å²) in [5.74, 6) is -1.01. The predicted molar refractivity (Wildman–Crippen MR) is 68.7 cm³/mol. The number of benzene rings is 1. The van der Waals surface area contributed by atoms with Crippen molar-refractivity contribution in [3.8, 4) is 0 Å². The Hall–Kier alpha value is -1.00. The van der Waals surface area contributed by atoms with E-state index in [4.69, 9.17) is 0 Å². The summed E-state index contributed by atoms with van der Waals surface area (Å²) in [5, 5.41) is 20.1. The summed E-state index contributed by atoms with van der Waals surface area (Å²) in [6.07, 6.45) is 3.11. The fourth-order valence-electron chi connectivity index (χ4n) is 2.84. The lowest BCUT2D eigenvalue weighted by Gasteiger charge is -2.29. The van der Waals surface area contributed by atoms with E-state index < -0.39 is 23.8 Å². The van der Waals surface area contributed by atoms with Gasteiger partial charge in [-0.25, -0.2) is 8.78 Å². The van der Waals surface area contributed by atoms with Crippen molar-refractivity contribution in [3.05, 3.63) is 35.4 Å². The molecular formula is C15H20F2O2. The molecule has 0 bridgehead atoms. The summed E-state index contributed by atoms with van der Waals surface area (Å²) in [4.78, 5) is 0. The van der Waals surface area contributed by atoms with Crippen LogP contribution in [0.1, 0.15) is 37.7 Å². The zero-order chi connectivity index (χ0) is 13.8. The molecule has 1 aliphatic carbocycles. The Kier molecular flexibility index (Phi) is 4.88. The Bertz CT molecular complexity index is 417. The van der Waals surface area contributed by atoms with Crippen molar-refractivity contribution in [3.63, 3.8) is 0 Å². The Balaban J connectivity index is 1.99. The standard InChI is InChI=1S/C15H20F2O2/c16-12-6-7-13(17)11(8-12)9-14(18)15(19)10-4-2-1-3-5-10/h6-8,10,14-15,18-19H,1-5,9H2. The molecule has 2 rings (SSSR count). The minimum absolute atomic E-state index is 0.0543. The van der Waals surface area contributed by atoms with Crippen LogP contribution in [-0.2, 0) is 6.42 Å². The van der Waals surface area contributed by atoms with Gasteiger partial charge in [-0.05, 0) is 42.5 Å². The monoisotopic (exact) mass is 270 g/mol. The van der Waals surface area contributed by atoms with Crippen LogP contribution in [0.15, 0.2) is 18.2 Å². The van der Waals surface area contributed by atoms with Crippen LogP contribution in [0.5, 0.6) is 0 Å². The summed E-state index contributed by atoms with van der Waals surface area (Å²) in [5.41, 5.74) is 0.113. The number of hydrogen-bond acceptors (Lipinski definition) is 2. The average molecular weight is 270 g/mol. The Labute approximate surface area is 112 Å². The van der Waals surface area contributed by atoms with Gasteiger partial charge < -0.3 is 10.2 Å². The van der Waals surface area contributed by atoms with Gasteiger partial charge in [0.25, 0.3) is 0 Å². The number of rotatable bonds is 4. The van der Waals surface area contributed by atoms with Crippen LogP contribution in [0.25, 0.3) is 0 Å². The predicted octanol–water partition coefficient (Wildman–Crippen LogP) is 2.81. The highest BCUT2D eigenvalue weighted by Gasteiger charge is 2.28. The van der Waals surface area contributed by atoms with E-state index in [1.807, 2.05) is 0 Å². The highest BCUT2D eigenvalue weighted by Crippen LogP contribution is 2.28. The SMILES string of the molecule is OC(Cc1cc(F)ccc1F)C(O)C1CCCCC1. The lowest BCUT2D eigenvalue weighted by molar-refractivity contribution is -0.0266. The zero-order valence-corrected chi connectivity index (χ0v) is 10.9. The van der Waals surface area contributed by atoms with Gasteiger partial charge in [0.15, 0.2) is 0 Å². The molecule has 1 saturated carbocycles. The molecule has 2 atom stereocenters. The maximum Gasteiger partial charge on any atom is 0.126 e. The van der Waals surface area contributed by atoms with Gasteiger partial charge >= 0.3 is 0 Å². The van der Waals surface area contributed by atoms with Crippen LogP contribution < -0.4 is 0 Å². The molecule has 4 heteroatoms. The maximum atomic E-state index is 13.5. The second kappa shape index (κ2) is 6.44. The summed E-state index contributed by atoms with van der Waals surface area (Å²) < 4.78 is 26.5. The number of aliphatic hydroxyl groups excluding tert-OH is 2. The van der Waals surface area contributed by atoms with E-state index in [1.165, 1.54) is 0 Å². The van der Waals surface area contributed by atoms with Crippen molar-refractivity contribution in [2.24, 2.45) is 5.92 Å². The second-order valence-corrected chi connectivity index (χ2v) is 5.40. The Morgan fingerprint density at radius 2 is 1.79 bits per heavy atom. The Morgan fingerprint density at radius 3 is 2.47 bits per heavy atom. The van der Waals surface area contributed by atoms with Crippen LogP contribution in [0, 0.1) is 17.6 Å². The first kappa shape index (κ1) is 14.4. The third-order valence-corrected chi connectivity index (χ3v) is 3.96. The van der Waals surface area contributed by atoms with E-state index in [2.05, 4.69) is 0 Å². The highest BCUT2D eigenvalue weighted by atomic mass is 19.1. The summed E-state index contributed by atoms with van der Waals surface area (Å²) in [6, 6.07) is 3.17.